The number of aryl methyl sites for hydroxylation is 2. The molecule has 172 valence electrons. The van der Waals surface area contributed by atoms with Gasteiger partial charge in [-0.2, -0.15) is 0 Å². The molecule has 2 aromatic rings. The van der Waals surface area contributed by atoms with E-state index < -0.39 is 5.97 Å². The number of hydrogen-bond donors (Lipinski definition) is 3. The molecule has 0 radical (unpaired) electrons. The molecule has 0 atom stereocenters. The number of carbonyl (C=O) groups is 3. The standard InChI is InChI=1S/C26H28N2O4S/c1-2-6-18(10-11-19-12-14-20(15-13-19)26(31)32)7-5-16-27-24(30)23-21-8-3-4-9-22(21)33-25(23)28-17-29/h2,5-7,12-17H,3-4,8-11H2,1H3,(H,27,30)(H,28,29)(H,31,32)/b6-2-,16-5+,18-7+. The Hall–Kier alpha value is -3.45. The average Bonchev–Trinajstić information content (AvgIpc) is 3.18. The van der Waals surface area contributed by atoms with Crippen LogP contribution >= 0.6 is 11.3 Å². The molecule has 1 heterocycles. The third kappa shape index (κ3) is 6.52. The van der Waals surface area contributed by atoms with Gasteiger partial charge in [0.2, 0.25) is 6.41 Å². The molecule has 0 saturated heterocycles. The fourth-order valence-corrected chi connectivity index (χ4v) is 5.11. The summed E-state index contributed by atoms with van der Waals surface area (Å²) in [5.41, 5.74) is 4.06. The van der Waals surface area contributed by atoms with E-state index in [4.69, 9.17) is 5.11 Å². The van der Waals surface area contributed by atoms with Gasteiger partial charge in [-0.1, -0.05) is 30.4 Å². The fourth-order valence-electron chi connectivity index (χ4n) is 3.87. The molecule has 0 unspecified atom stereocenters. The van der Waals surface area contributed by atoms with E-state index in [0.717, 1.165) is 55.2 Å². The maximum Gasteiger partial charge on any atom is 0.335 e. The Kier molecular flexibility index (Phi) is 8.78. The zero-order chi connectivity index (χ0) is 23.6. The molecule has 33 heavy (non-hydrogen) atoms. The zero-order valence-electron chi connectivity index (χ0n) is 18.6. The van der Waals surface area contributed by atoms with Crippen molar-refractivity contribution in [3.63, 3.8) is 0 Å². The van der Waals surface area contributed by atoms with Crippen molar-refractivity contribution in [2.45, 2.75) is 45.4 Å². The van der Waals surface area contributed by atoms with E-state index in [1.165, 1.54) is 16.2 Å². The lowest BCUT2D eigenvalue weighted by Crippen LogP contribution is -2.20. The van der Waals surface area contributed by atoms with Crippen LogP contribution in [0.5, 0.6) is 0 Å². The van der Waals surface area contributed by atoms with Crippen molar-refractivity contribution in [1.82, 2.24) is 5.32 Å². The number of anilines is 1. The quantitative estimate of drug-likeness (QED) is 0.330. The van der Waals surface area contributed by atoms with Gasteiger partial charge in [0.25, 0.3) is 5.91 Å². The van der Waals surface area contributed by atoms with Crippen LogP contribution in [0.25, 0.3) is 0 Å². The van der Waals surface area contributed by atoms with Crippen LogP contribution in [0.3, 0.4) is 0 Å². The molecule has 1 aliphatic carbocycles. The summed E-state index contributed by atoms with van der Waals surface area (Å²) in [5, 5.41) is 15.1. The highest BCUT2D eigenvalue weighted by Gasteiger charge is 2.24. The maximum atomic E-state index is 12.8. The molecule has 3 rings (SSSR count). The molecule has 2 amide bonds. The van der Waals surface area contributed by atoms with Crippen molar-refractivity contribution in [2.24, 2.45) is 0 Å². The van der Waals surface area contributed by atoms with Crippen molar-refractivity contribution in [2.75, 3.05) is 5.32 Å². The first-order valence-electron chi connectivity index (χ1n) is 11.0. The summed E-state index contributed by atoms with van der Waals surface area (Å²) >= 11 is 1.49. The third-order valence-corrected chi connectivity index (χ3v) is 6.72. The van der Waals surface area contributed by atoms with E-state index in [1.807, 2.05) is 37.3 Å². The Balaban J connectivity index is 1.63. The average molecular weight is 465 g/mol. The first kappa shape index (κ1) is 24.2. The normalized spacial score (nSPS) is 13.8. The number of carboxylic acid groups (broad SMARTS) is 1. The van der Waals surface area contributed by atoms with E-state index in [9.17, 15) is 14.4 Å². The number of thiophene rings is 1. The van der Waals surface area contributed by atoms with Gasteiger partial charge in [-0.25, -0.2) is 4.79 Å². The molecule has 1 aliphatic rings. The number of carboxylic acids is 1. The van der Waals surface area contributed by atoms with Crippen molar-refractivity contribution in [3.05, 3.63) is 87.5 Å². The molecule has 0 spiro atoms. The molecule has 0 fully saturated rings. The summed E-state index contributed by atoms with van der Waals surface area (Å²) in [7, 11) is 0. The number of fused-ring (bicyclic) bond motifs is 1. The van der Waals surface area contributed by atoms with Crippen molar-refractivity contribution in [1.29, 1.82) is 0 Å². The summed E-state index contributed by atoms with van der Waals surface area (Å²) in [6.07, 6.45) is 15.5. The second-order valence-corrected chi connectivity index (χ2v) is 8.86. The summed E-state index contributed by atoms with van der Waals surface area (Å²) in [4.78, 5) is 36.0. The van der Waals surface area contributed by atoms with Gasteiger partial charge in [-0.15, -0.1) is 11.3 Å². The van der Waals surface area contributed by atoms with Gasteiger partial charge in [0.05, 0.1) is 11.1 Å². The number of rotatable bonds is 10. The second kappa shape index (κ2) is 12.0. The minimum absolute atomic E-state index is 0.213. The lowest BCUT2D eigenvalue weighted by molar-refractivity contribution is -0.105. The molecule has 0 bridgehead atoms. The van der Waals surface area contributed by atoms with Gasteiger partial charge < -0.3 is 15.7 Å². The van der Waals surface area contributed by atoms with E-state index in [2.05, 4.69) is 10.6 Å². The van der Waals surface area contributed by atoms with Crippen molar-refractivity contribution < 1.29 is 19.5 Å². The number of carbonyl (C=O) groups excluding carboxylic acids is 2. The van der Waals surface area contributed by atoms with Crippen LogP contribution in [0.4, 0.5) is 5.00 Å². The van der Waals surface area contributed by atoms with E-state index in [1.54, 1.807) is 24.4 Å². The van der Waals surface area contributed by atoms with E-state index in [-0.39, 0.29) is 11.5 Å². The van der Waals surface area contributed by atoms with Crippen LogP contribution in [-0.4, -0.2) is 23.4 Å². The zero-order valence-corrected chi connectivity index (χ0v) is 19.4. The number of benzene rings is 1. The summed E-state index contributed by atoms with van der Waals surface area (Å²) < 4.78 is 0. The fraction of sp³-hybridized carbons (Fsp3) is 0.269. The number of amides is 2. The van der Waals surface area contributed by atoms with Crippen LogP contribution in [0, 0.1) is 0 Å². The van der Waals surface area contributed by atoms with E-state index in [0.29, 0.717) is 17.0 Å². The van der Waals surface area contributed by atoms with Crippen LogP contribution in [0.15, 0.2) is 60.3 Å². The van der Waals surface area contributed by atoms with Gasteiger partial charge in [0.15, 0.2) is 0 Å². The van der Waals surface area contributed by atoms with Gasteiger partial charge >= 0.3 is 5.97 Å². The molecule has 7 heteroatoms. The predicted octanol–water partition coefficient (Wildman–Crippen LogP) is 5.27. The largest absolute Gasteiger partial charge is 0.478 e. The highest BCUT2D eigenvalue weighted by molar-refractivity contribution is 7.16. The monoisotopic (exact) mass is 464 g/mol. The minimum atomic E-state index is -0.930. The van der Waals surface area contributed by atoms with Crippen LogP contribution in [0.2, 0.25) is 0 Å². The van der Waals surface area contributed by atoms with Gasteiger partial charge in [-0.3, -0.25) is 9.59 Å². The summed E-state index contributed by atoms with van der Waals surface area (Å²) in [6.45, 7) is 1.95. The maximum absolute atomic E-state index is 12.8. The Morgan fingerprint density at radius 2 is 1.91 bits per heavy atom. The summed E-state index contributed by atoms with van der Waals surface area (Å²) in [6, 6.07) is 6.89. The molecule has 1 aromatic heterocycles. The second-order valence-electron chi connectivity index (χ2n) is 7.75. The number of hydrogen-bond acceptors (Lipinski definition) is 4. The van der Waals surface area contributed by atoms with Gasteiger partial charge in [-0.05, 0) is 80.4 Å². The molecular formula is C26H28N2O4S. The lowest BCUT2D eigenvalue weighted by atomic mass is 9.95. The smallest absolute Gasteiger partial charge is 0.335 e. The van der Waals surface area contributed by atoms with Gasteiger partial charge in [0.1, 0.15) is 5.00 Å². The molecular weight excluding hydrogens is 436 g/mol. The van der Waals surface area contributed by atoms with Crippen LogP contribution in [-0.2, 0) is 24.1 Å². The highest BCUT2D eigenvalue weighted by Crippen LogP contribution is 2.37. The van der Waals surface area contributed by atoms with Crippen LogP contribution < -0.4 is 10.6 Å². The number of allylic oxidation sites excluding steroid dienone is 5. The minimum Gasteiger partial charge on any atom is -0.478 e. The first-order valence-corrected chi connectivity index (χ1v) is 11.8. The predicted molar refractivity (Wildman–Crippen MR) is 132 cm³/mol. The van der Waals surface area contributed by atoms with Gasteiger partial charge in [0, 0.05) is 11.1 Å². The number of aromatic carboxylic acids is 1. The Labute approximate surface area is 197 Å². The third-order valence-electron chi connectivity index (χ3n) is 5.49. The molecule has 3 N–H and O–H groups in total. The SMILES string of the molecule is C\C=C/C(=C\C=C\NC(=O)c1c(NC=O)sc2c1CCCC2)CCc1ccc(C(=O)O)cc1. The number of nitrogens with one attached hydrogen (secondary N) is 2. The first-order chi connectivity index (χ1) is 16.0. The topological polar surface area (TPSA) is 95.5 Å². The highest BCUT2D eigenvalue weighted by atomic mass is 32.1. The Morgan fingerprint density at radius 1 is 1.15 bits per heavy atom. The molecule has 0 saturated carbocycles. The summed E-state index contributed by atoms with van der Waals surface area (Å²) in [5.74, 6) is -1.14. The van der Waals surface area contributed by atoms with Crippen molar-refractivity contribution >= 4 is 34.6 Å². The Bertz CT molecular complexity index is 1090. The molecule has 0 aliphatic heterocycles. The molecule has 6 nitrogen and oxygen atoms in total. The van der Waals surface area contributed by atoms with Crippen molar-refractivity contribution in [3.8, 4) is 0 Å². The molecule has 1 aromatic carbocycles. The van der Waals surface area contributed by atoms with E-state index >= 15 is 0 Å². The lowest BCUT2D eigenvalue weighted by Gasteiger charge is -2.12. The van der Waals surface area contributed by atoms with Crippen LogP contribution in [0.1, 0.15) is 62.9 Å². The Morgan fingerprint density at radius 3 is 2.61 bits per heavy atom.